The van der Waals surface area contributed by atoms with E-state index in [-0.39, 0.29) is 5.41 Å². The van der Waals surface area contributed by atoms with Crippen LogP contribution in [0.3, 0.4) is 0 Å². The standard InChI is InChI=1S/C25H34O/c1-4-5-6-7-8-9-13-19-25(2,3)23-17-14-18-24(20-23)26-21-22-15-11-10-12-16-22/h10-20H,4-9,21H2,1-3H3/b19-13+. The highest BCUT2D eigenvalue weighted by atomic mass is 16.5. The lowest BCUT2D eigenvalue weighted by Gasteiger charge is -2.22. The Balaban J connectivity index is 1.88. The van der Waals surface area contributed by atoms with Crippen LogP contribution in [0.2, 0.25) is 0 Å². The first-order valence-electron chi connectivity index (χ1n) is 10.1. The number of allylic oxidation sites excluding steroid dienone is 2. The third-order valence-electron chi connectivity index (χ3n) is 4.84. The van der Waals surface area contributed by atoms with E-state index in [2.05, 4.69) is 63.3 Å². The quantitative estimate of drug-likeness (QED) is 0.302. The van der Waals surface area contributed by atoms with Gasteiger partial charge in [-0.05, 0) is 36.1 Å². The zero-order valence-electron chi connectivity index (χ0n) is 16.7. The fourth-order valence-corrected chi connectivity index (χ4v) is 3.07. The minimum Gasteiger partial charge on any atom is -0.489 e. The van der Waals surface area contributed by atoms with Crippen LogP contribution in [-0.2, 0) is 12.0 Å². The van der Waals surface area contributed by atoms with Crippen LogP contribution in [0.5, 0.6) is 5.75 Å². The van der Waals surface area contributed by atoms with Gasteiger partial charge in [0, 0.05) is 5.41 Å². The second kappa shape index (κ2) is 10.9. The van der Waals surface area contributed by atoms with E-state index in [0.717, 1.165) is 5.75 Å². The van der Waals surface area contributed by atoms with Gasteiger partial charge < -0.3 is 4.74 Å². The van der Waals surface area contributed by atoms with Gasteiger partial charge in [0.1, 0.15) is 12.4 Å². The maximum Gasteiger partial charge on any atom is 0.120 e. The first kappa shape index (κ1) is 20.3. The molecule has 0 heterocycles. The van der Waals surface area contributed by atoms with Crippen molar-refractivity contribution in [3.8, 4) is 5.75 Å². The maximum atomic E-state index is 5.98. The van der Waals surface area contributed by atoms with Crippen molar-refractivity contribution in [2.24, 2.45) is 0 Å². The number of hydrogen-bond donors (Lipinski definition) is 0. The van der Waals surface area contributed by atoms with E-state index in [1.165, 1.54) is 49.7 Å². The summed E-state index contributed by atoms with van der Waals surface area (Å²) < 4.78 is 5.98. The number of hydrogen-bond acceptors (Lipinski definition) is 1. The van der Waals surface area contributed by atoms with Gasteiger partial charge in [-0.2, -0.15) is 0 Å². The Morgan fingerprint density at radius 2 is 1.65 bits per heavy atom. The molecule has 0 aliphatic heterocycles. The summed E-state index contributed by atoms with van der Waals surface area (Å²) in [6.07, 6.45) is 12.6. The summed E-state index contributed by atoms with van der Waals surface area (Å²) >= 11 is 0. The van der Waals surface area contributed by atoms with Crippen LogP contribution < -0.4 is 4.74 Å². The lowest BCUT2D eigenvalue weighted by molar-refractivity contribution is 0.305. The van der Waals surface area contributed by atoms with Crippen molar-refractivity contribution in [1.82, 2.24) is 0 Å². The molecule has 0 bridgehead atoms. The Labute approximate surface area is 160 Å². The highest BCUT2D eigenvalue weighted by Gasteiger charge is 2.17. The fourth-order valence-electron chi connectivity index (χ4n) is 3.07. The van der Waals surface area contributed by atoms with Crippen LogP contribution in [0.25, 0.3) is 0 Å². The molecule has 0 aromatic heterocycles. The Hall–Kier alpha value is -2.02. The smallest absolute Gasteiger partial charge is 0.120 e. The maximum absolute atomic E-state index is 5.98. The van der Waals surface area contributed by atoms with Crippen molar-refractivity contribution in [3.63, 3.8) is 0 Å². The summed E-state index contributed by atoms with van der Waals surface area (Å²) in [7, 11) is 0. The highest BCUT2D eigenvalue weighted by molar-refractivity contribution is 5.36. The summed E-state index contributed by atoms with van der Waals surface area (Å²) in [5.41, 5.74) is 2.51. The van der Waals surface area contributed by atoms with E-state index >= 15 is 0 Å². The molecule has 0 amide bonds. The molecule has 2 aromatic carbocycles. The Morgan fingerprint density at radius 1 is 0.885 bits per heavy atom. The van der Waals surface area contributed by atoms with Crippen LogP contribution in [0.4, 0.5) is 0 Å². The average molecular weight is 351 g/mol. The number of unbranched alkanes of at least 4 members (excludes halogenated alkanes) is 5. The van der Waals surface area contributed by atoms with Gasteiger partial charge in [0.15, 0.2) is 0 Å². The van der Waals surface area contributed by atoms with E-state index in [1.807, 2.05) is 24.3 Å². The zero-order valence-corrected chi connectivity index (χ0v) is 16.7. The molecule has 0 unspecified atom stereocenters. The van der Waals surface area contributed by atoms with Gasteiger partial charge in [0.2, 0.25) is 0 Å². The van der Waals surface area contributed by atoms with E-state index in [9.17, 15) is 0 Å². The molecule has 0 fully saturated rings. The summed E-state index contributed by atoms with van der Waals surface area (Å²) in [5.74, 6) is 0.937. The molecule has 140 valence electrons. The second-order valence-corrected chi connectivity index (χ2v) is 7.63. The molecule has 0 atom stereocenters. The highest BCUT2D eigenvalue weighted by Crippen LogP contribution is 2.28. The molecule has 1 heteroatoms. The average Bonchev–Trinajstić information content (AvgIpc) is 2.67. The summed E-state index contributed by atoms with van der Waals surface area (Å²) in [6, 6.07) is 18.8. The van der Waals surface area contributed by atoms with Crippen LogP contribution in [0.15, 0.2) is 66.7 Å². The van der Waals surface area contributed by atoms with E-state index in [4.69, 9.17) is 4.74 Å². The molecular weight excluding hydrogens is 316 g/mol. The third kappa shape index (κ3) is 7.07. The topological polar surface area (TPSA) is 9.23 Å². The van der Waals surface area contributed by atoms with Crippen LogP contribution in [0.1, 0.15) is 70.4 Å². The Bertz CT molecular complexity index is 655. The van der Waals surface area contributed by atoms with E-state index in [1.54, 1.807) is 0 Å². The van der Waals surface area contributed by atoms with Gasteiger partial charge in [-0.15, -0.1) is 0 Å². The fraction of sp³-hybridized carbons (Fsp3) is 0.440. The van der Waals surface area contributed by atoms with Crippen LogP contribution in [0, 0.1) is 0 Å². The molecule has 0 N–H and O–H groups in total. The predicted molar refractivity (Wildman–Crippen MR) is 113 cm³/mol. The lowest BCUT2D eigenvalue weighted by atomic mass is 9.84. The van der Waals surface area contributed by atoms with E-state index < -0.39 is 0 Å². The Kier molecular flexibility index (Phi) is 8.47. The molecule has 0 aliphatic carbocycles. The SMILES string of the molecule is CCCCCCC/C=C/C(C)(C)c1cccc(OCc2ccccc2)c1. The molecule has 0 radical (unpaired) electrons. The number of ether oxygens (including phenoxy) is 1. The van der Waals surface area contributed by atoms with Gasteiger partial charge in [0.25, 0.3) is 0 Å². The monoisotopic (exact) mass is 350 g/mol. The van der Waals surface area contributed by atoms with Gasteiger partial charge in [0.05, 0.1) is 0 Å². The molecule has 0 saturated heterocycles. The molecule has 0 saturated carbocycles. The van der Waals surface area contributed by atoms with Crippen molar-refractivity contribution in [2.45, 2.75) is 71.3 Å². The van der Waals surface area contributed by atoms with Crippen molar-refractivity contribution < 1.29 is 4.74 Å². The third-order valence-corrected chi connectivity index (χ3v) is 4.84. The second-order valence-electron chi connectivity index (χ2n) is 7.63. The van der Waals surface area contributed by atoms with Gasteiger partial charge in [-0.1, -0.05) is 101 Å². The lowest BCUT2D eigenvalue weighted by Crippen LogP contribution is -2.13. The van der Waals surface area contributed by atoms with Crippen molar-refractivity contribution in [3.05, 3.63) is 77.9 Å². The molecule has 2 rings (SSSR count). The minimum atomic E-state index is 0.0233. The van der Waals surface area contributed by atoms with Gasteiger partial charge >= 0.3 is 0 Å². The number of benzene rings is 2. The first-order valence-corrected chi connectivity index (χ1v) is 10.1. The molecule has 0 aliphatic rings. The summed E-state index contributed by atoms with van der Waals surface area (Å²) in [5, 5.41) is 0. The molecule has 0 spiro atoms. The number of rotatable bonds is 11. The first-order chi connectivity index (χ1) is 12.6. The molecule has 2 aromatic rings. The van der Waals surface area contributed by atoms with Crippen molar-refractivity contribution in [2.75, 3.05) is 0 Å². The van der Waals surface area contributed by atoms with Crippen molar-refractivity contribution in [1.29, 1.82) is 0 Å². The zero-order chi connectivity index (χ0) is 18.7. The predicted octanol–water partition coefficient (Wildman–Crippen LogP) is 7.46. The normalized spacial score (nSPS) is 11.8. The Morgan fingerprint density at radius 3 is 2.42 bits per heavy atom. The molecule has 26 heavy (non-hydrogen) atoms. The summed E-state index contributed by atoms with van der Waals surface area (Å²) in [6.45, 7) is 7.42. The van der Waals surface area contributed by atoms with Crippen molar-refractivity contribution >= 4 is 0 Å². The molecular formula is C25H34O. The largest absolute Gasteiger partial charge is 0.489 e. The van der Waals surface area contributed by atoms with Gasteiger partial charge in [-0.25, -0.2) is 0 Å². The minimum absolute atomic E-state index is 0.0233. The summed E-state index contributed by atoms with van der Waals surface area (Å²) in [4.78, 5) is 0. The van der Waals surface area contributed by atoms with Crippen LogP contribution in [-0.4, -0.2) is 0 Å². The van der Waals surface area contributed by atoms with Gasteiger partial charge in [-0.3, -0.25) is 0 Å². The van der Waals surface area contributed by atoms with E-state index in [0.29, 0.717) is 6.61 Å². The molecule has 1 nitrogen and oxygen atoms in total. The van der Waals surface area contributed by atoms with Crippen LogP contribution >= 0.6 is 0 Å².